The van der Waals surface area contributed by atoms with Gasteiger partial charge >= 0.3 is 5.97 Å². The molecule has 0 spiro atoms. The average molecular weight is 297 g/mol. The number of hydrogen-bond donors (Lipinski definition) is 0. The van der Waals surface area contributed by atoms with Gasteiger partial charge in [-0.05, 0) is 41.5 Å². The lowest BCUT2D eigenvalue weighted by Gasteiger charge is -2.51. The standard InChI is InChI=1S/C16H31N3O2/c1-8-14(20)21-10-9-17-11-18(15(2,3)4)13-19(12-17)16(5,6)7/h8H,1,9-13H2,2-7H3. The van der Waals surface area contributed by atoms with Crippen LogP contribution in [0.2, 0.25) is 0 Å². The normalized spacial score (nSPS) is 19.5. The molecule has 0 aromatic carbocycles. The van der Waals surface area contributed by atoms with Crippen LogP contribution < -0.4 is 0 Å². The Bertz CT molecular complexity index is 347. The maximum absolute atomic E-state index is 11.1. The second-order valence-corrected chi connectivity index (χ2v) is 7.61. The molecule has 1 heterocycles. The van der Waals surface area contributed by atoms with Crippen LogP contribution in [0, 0.1) is 0 Å². The third-order valence-corrected chi connectivity index (χ3v) is 3.80. The van der Waals surface area contributed by atoms with E-state index in [2.05, 4.69) is 62.8 Å². The first-order valence-electron chi connectivity index (χ1n) is 7.55. The van der Waals surface area contributed by atoms with E-state index < -0.39 is 0 Å². The summed E-state index contributed by atoms with van der Waals surface area (Å²) in [7, 11) is 0. The third-order valence-electron chi connectivity index (χ3n) is 3.80. The van der Waals surface area contributed by atoms with E-state index >= 15 is 0 Å². The summed E-state index contributed by atoms with van der Waals surface area (Å²) >= 11 is 0. The van der Waals surface area contributed by atoms with Gasteiger partial charge in [-0.15, -0.1) is 0 Å². The molecule has 122 valence electrons. The summed E-state index contributed by atoms with van der Waals surface area (Å²) in [4.78, 5) is 18.3. The molecule has 0 aromatic heterocycles. The molecule has 5 heteroatoms. The molecule has 0 atom stereocenters. The summed E-state index contributed by atoms with van der Waals surface area (Å²) in [6, 6.07) is 0. The minimum absolute atomic E-state index is 0.111. The van der Waals surface area contributed by atoms with Crippen LogP contribution in [0.25, 0.3) is 0 Å². The highest BCUT2D eigenvalue weighted by molar-refractivity contribution is 5.81. The molecule has 0 unspecified atom stereocenters. The maximum Gasteiger partial charge on any atom is 0.330 e. The molecule has 5 nitrogen and oxygen atoms in total. The molecular weight excluding hydrogens is 266 g/mol. The molecule has 1 fully saturated rings. The Morgan fingerprint density at radius 2 is 1.52 bits per heavy atom. The van der Waals surface area contributed by atoms with Gasteiger partial charge in [0.25, 0.3) is 0 Å². The van der Waals surface area contributed by atoms with E-state index in [9.17, 15) is 4.79 Å². The van der Waals surface area contributed by atoms with E-state index in [4.69, 9.17) is 4.74 Å². The summed E-state index contributed by atoms with van der Waals surface area (Å²) < 4.78 is 5.10. The van der Waals surface area contributed by atoms with Crippen molar-refractivity contribution in [3.63, 3.8) is 0 Å². The largest absolute Gasteiger partial charge is 0.461 e. The zero-order valence-electron chi connectivity index (χ0n) is 14.5. The molecule has 1 aliphatic rings. The van der Waals surface area contributed by atoms with Crippen molar-refractivity contribution in [2.24, 2.45) is 0 Å². The molecular formula is C16H31N3O2. The van der Waals surface area contributed by atoms with Crippen molar-refractivity contribution in [2.45, 2.75) is 52.6 Å². The predicted molar refractivity (Wildman–Crippen MR) is 85.6 cm³/mol. The molecule has 0 aliphatic carbocycles. The highest BCUT2D eigenvalue weighted by Gasteiger charge is 2.34. The minimum Gasteiger partial charge on any atom is -0.461 e. The van der Waals surface area contributed by atoms with Gasteiger partial charge < -0.3 is 4.74 Å². The van der Waals surface area contributed by atoms with Crippen molar-refractivity contribution in [1.29, 1.82) is 0 Å². The third kappa shape index (κ3) is 5.77. The fourth-order valence-corrected chi connectivity index (χ4v) is 2.15. The number of ether oxygens (including phenoxy) is 1. The highest BCUT2D eigenvalue weighted by Crippen LogP contribution is 2.23. The van der Waals surface area contributed by atoms with Gasteiger partial charge in [-0.25, -0.2) is 4.79 Å². The molecule has 0 radical (unpaired) electrons. The lowest BCUT2D eigenvalue weighted by Crippen LogP contribution is -2.64. The van der Waals surface area contributed by atoms with Crippen LogP contribution in [0.4, 0.5) is 0 Å². The monoisotopic (exact) mass is 297 g/mol. The molecule has 21 heavy (non-hydrogen) atoms. The average Bonchev–Trinajstić information content (AvgIpc) is 2.36. The van der Waals surface area contributed by atoms with E-state index in [-0.39, 0.29) is 17.0 Å². The van der Waals surface area contributed by atoms with Gasteiger partial charge in [0.2, 0.25) is 0 Å². The molecule has 0 saturated carbocycles. The number of carbonyl (C=O) groups is 1. The topological polar surface area (TPSA) is 36.0 Å². The van der Waals surface area contributed by atoms with E-state index in [1.165, 1.54) is 6.08 Å². The Labute approximate surface area is 129 Å². The van der Waals surface area contributed by atoms with Gasteiger partial charge in [0, 0.05) is 23.7 Å². The van der Waals surface area contributed by atoms with Crippen LogP contribution in [-0.4, -0.2) is 64.9 Å². The fourth-order valence-electron chi connectivity index (χ4n) is 2.15. The molecule has 1 rings (SSSR count). The number of rotatable bonds is 4. The first-order valence-corrected chi connectivity index (χ1v) is 7.55. The highest BCUT2D eigenvalue weighted by atomic mass is 16.5. The number of nitrogens with zero attached hydrogens (tertiary/aromatic N) is 3. The minimum atomic E-state index is -0.354. The Morgan fingerprint density at radius 1 is 1.05 bits per heavy atom. The van der Waals surface area contributed by atoms with E-state index in [1.54, 1.807) is 0 Å². The molecule has 0 aromatic rings. The van der Waals surface area contributed by atoms with Crippen molar-refractivity contribution in [2.75, 3.05) is 33.2 Å². The summed E-state index contributed by atoms with van der Waals surface area (Å²) in [6.07, 6.45) is 1.21. The van der Waals surface area contributed by atoms with Gasteiger partial charge in [0.15, 0.2) is 0 Å². The van der Waals surface area contributed by atoms with Crippen molar-refractivity contribution >= 4 is 5.97 Å². The van der Waals surface area contributed by atoms with E-state index in [0.717, 1.165) is 26.6 Å². The van der Waals surface area contributed by atoms with Crippen LogP contribution >= 0.6 is 0 Å². The molecule has 1 aliphatic heterocycles. The van der Waals surface area contributed by atoms with Crippen LogP contribution in [0.1, 0.15) is 41.5 Å². The van der Waals surface area contributed by atoms with Gasteiger partial charge in [-0.2, -0.15) is 0 Å². The van der Waals surface area contributed by atoms with Gasteiger partial charge in [-0.3, -0.25) is 14.7 Å². The SMILES string of the molecule is C=CC(=O)OCCN1CN(C(C)(C)C)CN(C(C)(C)C)C1. The summed E-state index contributed by atoms with van der Waals surface area (Å²) in [5, 5.41) is 0. The zero-order chi connectivity index (χ0) is 16.3. The van der Waals surface area contributed by atoms with Crippen LogP contribution in [0.3, 0.4) is 0 Å². The Kier molecular flexibility index (Phi) is 5.96. The first kappa shape index (κ1) is 18.1. The fraction of sp³-hybridized carbons (Fsp3) is 0.812. The molecule has 0 N–H and O–H groups in total. The Morgan fingerprint density at radius 3 is 1.90 bits per heavy atom. The molecule has 1 saturated heterocycles. The van der Waals surface area contributed by atoms with Gasteiger partial charge in [0.1, 0.15) is 6.61 Å². The predicted octanol–water partition coefficient (Wildman–Crippen LogP) is 2.10. The lowest BCUT2D eigenvalue weighted by atomic mass is 10.0. The number of carbonyl (C=O) groups excluding carboxylic acids is 1. The van der Waals surface area contributed by atoms with Gasteiger partial charge in [0.05, 0.1) is 20.0 Å². The number of esters is 1. The van der Waals surface area contributed by atoms with Crippen molar-refractivity contribution in [3.05, 3.63) is 12.7 Å². The zero-order valence-corrected chi connectivity index (χ0v) is 14.5. The second-order valence-electron chi connectivity index (χ2n) is 7.61. The second kappa shape index (κ2) is 6.90. The maximum atomic E-state index is 11.1. The smallest absolute Gasteiger partial charge is 0.330 e. The van der Waals surface area contributed by atoms with Crippen LogP contribution in [-0.2, 0) is 9.53 Å². The van der Waals surface area contributed by atoms with Gasteiger partial charge in [-0.1, -0.05) is 6.58 Å². The quantitative estimate of drug-likeness (QED) is 0.587. The summed E-state index contributed by atoms with van der Waals surface area (Å²) in [6.45, 7) is 20.7. The first-order chi connectivity index (χ1) is 9.54. The van der Waals surface area contributed by atoms with Crippen molar-refractivity contribution in [3.8, 4) is 0 Å². The molecule has 0 amide bonds. The van der Waals surface area contributed by atoms with Crippen molar-refractivity contribution in [1.82, 2.24) is 14.7 Å². The van der Waals surface area contributed by atoms with E-state index in [0.29, 0.717) is 6.61 Å². The van der Waals surface area contributed by atoms with Crippen LogP contribution in [0.15, 0.2) is 12.7 Å². The Balaban J connectivity index is 2.66. The number of hydrogen-bond acceptors (Lipinski definition) is 5. The van der Waals surface area contributed by atoms with Crippen LogP contribution in [0.5, 0.6) is 0 Å². The van der Waals surface area contributed by atoms with Crippen molar-refractivity contribution < 1.29 is 9.53 Å². The lowest BCUT2D eigenvalue weighted by molar-refractivity contribution is -0.141. The molecule has 0 bridgehead atoms. The summed E-state index contributed by atoms with van der Waals surface area (Å²) in [5.74, 6) is -0.354. The van der Waals surface area contributed by atoms with E-state index in [1.807, 2.05) is 0 Å². The summed E-state index contributed by atoms with van der Waals surface area (Å²) in [5.41, 5.74) is 0.222. The Hall–Kier alpha value is -0.910.